The summed E-state index contributed by atoms with van der Waals surface area (Å²) in [5.74, 6) is 0.673. The molecule has 5 heteroatoms. The first-order chi connectivity index (χ1) is 13.7. The number of ketones is 2. The summed E-state index contributed by atoms with van der Waals surface area (Å²) in [6.07, 6.45) is 9.38. The zero-order chi connectivity index (χ0) is 21.0. The smallest absolute Gasteiger partial charge is 0.303 e. The van der Waals surface area contributed by atoms with Crippen LogP contribution in [0.25, 0.3) is 0 Å². The molecule has 6 atom stereocenters. The number of Topliss-reactive ketones (excluding diaryl/α,β-unsaturated/α-hetero) is 1. The van der Waals surface area contributed by atoms with Crippen molar-refractivity contribution in [1.82, 2.24) is 0 Å². The third kappa shape index (κ3) is 2.87. The average Bonchev–Trinajstić information content (AvgIpc) is 2.99. The van der Waals surface area contributed by atoms with E-state index in [0.29, 0.717) is 37.0 Å². The van der Waals surface area contributed by atoms with Gasteiger partial charge in [0.15, 0.2) is 11.6 Å². The molecule has 0 radical (unpaired) electrons. The second-order valence-electron chi connectivity index (χ2n) is 10.5. The summed E-state index contributed by atoms with van der Waals surface area (Å²) < 4.78 is 0. The minimum atomic E-state index is -0.873. The van der Waals surface area contributed by atoms with E-state index < -0.39 is 18.0 Å². The lowest BCUT2D eigenvalue weighted by Gasteiger charge is -2.59. The highest BCUT2D eigenvalue weighted by Gasteiger charge is 2.65. The molecule has 5 nitrogen and oxygen atoms in total. The van der Waals surface area contributed by atoms with Crippen LogP contribution in [0.3, 0.4) is 0 Å². The maximum absolute atomic E-state index is 13.0. The molecular formula is C24H34O5. The summed E-state index contributed by atoms with van der Waals surface area (Å²) in [5.41, 5.74) is 0.465. The van der Waals surface area contributed by atoms with Gasteiger partial charge >= 0.3 is 5.97 Å². The molecule has 0 heterocycles. The number of allylic oxidation sites excluding steroid dienone is 1. The minimum Gasteiger partial charge on any atom is -0.481 e. The number of aliphatic hydroxyl groups is 1. The van der Waals surface area contributed by atoms with Gasteiger partial charge in [-0.3, -0.25) is 14.4 Å². The van der Waals surface area contributed by atoms with Crippen LogP contribution in [0.2, 0.25) is 0 Å². The molecule has 3 fully saturated rings. The molecule has 2 N–H and O–H groups in total. The number of rotatable bonds is 5. The van der Waals surface area contributed by atoms with Gasteiger partial charge in [0, 0.05) is 18.3 Å². The number of hydrogen-bond acceptors (Lipinski definition) is 4. The van der Waals surface area contributed by atoms with Crippen LogP contribution in [-0.4, -0.2) is 34.4 Å². The van der Waals surface area contributed by atoms with Crippen LogP contribution in [0.1, 0.15) is 78.1 Å². The second-order valence-corrected chi connectivity index (χ2v) is 10.5. The van der Waals surface area contributed by atoms with Gasteiger partial charge in [0.1, 0.15) is 6.61 Å². The Morgan fingerprint density at radius 2 is 1.79 bits per heavy atom. The molecule has 29 heavy (non-hydrogen) atoms. The largest absolute Gasteiger partial charge is 0.481 e. The Hall–Kier alpha value is -1.49. The van der Waals surface area contributed by atoms with Crippen LogP contribution in [-0.2, 0) is 14.4 Å². The van der Waals surface area contributed by atoms with E-state index in [1.54, 1.807) is 0 Å². The molecule has 4 aliphatic rings. The van der Waals surface area contributed by atoms with Crippen LogP contribution in [0, 0.1) is 34.0 Å². The van der Waals surface area contributed by atoms with Crippen LogP contribution < -0.4 is 0 Å². The summed E-state index contributed by atoms with van der Waals surface area (Å²) >= 11 is 0. The Kier molecular flexibility index (Phi) is 5.04. The van der Waals surface area contributed by atoms with Gasteiger partial charge in [0.05, 0.1) is 0 Å². The van der Waals surface area contributed by atoms with Crippen molar-refractivity contribution in [3.8, 4) is 0 Å². The molecule has 0 amide bonds. The number of carboxylic acid groups (broad SMARTS) is 1. The van der Waals surface area contributed by atoms with Gasteiger partial charge in [-0.1, -0.05) is 19.4 Å². The number of carbonyl (C=O) groups excluding carboxylic acids is 2. The maximum atomic E-state index is 13.0. The average molecular weight is 403 g/mol. The van der Waals surface area contributed by atoms with Gasteiger partial charge in [0.2, 0.25) is 0 Å². The van der Waals surface area contributed by atoms with E-state index in [4.69, 9.17) is 0 Å². The lowest BCUT2D eigenvalue weighted by Crippen LogP contribution is -2.55. The van der Waals surface area contributed by atoms with Crippen molar-refractivity contribution in [1.29, 1.82) is 0 Å². The number of aliphatic hydroxyl groups excluding tert-OH is 1. The van der Waals surface area contributed by atoms with E-state index in [0.717, 1.165) is 38.5 Å². The molecular weight excluding hydrogens is 368 g/mol. The summed E-state index contributed by atoms with van der Waals surface area (Å²) in [6, 6.07) is 0. The van der Waals surface area contributed by atoms with Gasteiger partial charge in [-0.2, -0.15) is 0 Å². The fraction of sp³-hybridized carbons (Fsp3) is 0.792. The fourth-order valence-corrected chi connectivity index (χ4v) is 8.17. The maximum Gasteiger partial charge on any atom is 0.303 e. The van der Waals surface area contributed by atoms with Crippen molar-refractivity contribution in [2.45, 2.75) is 78.1 Å². The molecule has 0 aromatic rings. The highest BCUT2D eigenvalue weighted by Crippen LogP contribution is 2.71. The van der Waals surface area contributed by atoms with Gasteiger partial charge in [-0.15, -0.1) is 0 Å². The van der Waals surface area contributed by atoms with Crippen LogP contribution in [0.15, 0.2) is 11.6 Å². The predicted molar refractivity (Wildman–Crippen MR) is 108 cm³/mol. The van der Waals surface area contributed by atoms with Gasteiger partial charge in [-0.25, -0.2) is 0 Å². The van der Waals surface area contributed by atoms with E-state index in [9.17, 15) is 24.6 Å². The van der Waals surface area contributed by atoms with Crippen molar-refractivity contribution >= 4 is 17.5 Å². The van der Waals surface area contributed by atoms with Crippen LogP contribution >= 0.6 is 0 Å². The predicted octanol–water partition coefficient (Wildman–Crippen LogP) is 3.93. The second kappa shape index (κ2) is 7.04. The zero-order valence-corrected chi connectivity index (χ0v) is 17.7. The summed E-state index contributed by atoms with van der Waals surface area (Å²) in [4.78, 5) is 36.3. The zero-order valence-electron chi connectivity index (χ0n) is 17.7. The van der Waals surface area contributed by atoms with Crippen molar-refractivity contribution in [3.63, 3.8) is 0 Å². The molecule has 0 bridgehead atoms. The summed E-state index contributed by atoms with van der Waals surface area (Å²) in [5, 5.41) is 19.0. The van der Waals surface area contributed by atoms with Crippen molar-refractivity contribution in [2.75, 3.05) is 6.61 Å². The molecule has 0 aliphatic heterocycles. The normalized spacial score (nSPS) is 43.8. The van der Waals surface area contributed by atoms with Crippen molar-refractivity contribution in [3.05, 3.63) is 11.6 Å². The van der Waals surface area contributed by atoms with E-state index in [1.807, 2.05) is 6.08 Å². The van der Waals surface area contributed by atoms with Crippen LogP contribution in [0.4, 0.5) is 0 Å². The van der Waals surface area contributed by atoms with Gasteiger partial charge in [0.25, 0.3) is 0 Å². The highest BCUT2D eigenvalue weighted by atomic mass is 16.4. The third-order valence-electron chi connectivity index (χ3n) is 9.77. The fourth-order valence-electron chi connectivity index (χ4n) is 8.17. The molecule has 0 saturated heterocycles. The topological polar surface area (TPSA) is 91.7 Å². The lowest BCUT2D eigenvalue weighted by molar-refractivity contribution is -0.149. The third-order valence-corrected chi connectivity index (χ3v) is 9.77. The molecule has 0 aromatic carbocycles. The molecule has 0 unspecified atom stereocenters. The van der Waals surface area contributed by atoms with E-state index >= 15 is 0 Å². The van der Waals surface area contributed by atoms with E-state index in [2.05, 4.69) is 13.8 Å². The number of aliphatic carboxylic acids is 1. The van der Waals surface area contributed by atoms with Crippen molar-refractivity contribution in [2.24, 2.45) is 34.0 Å². The highest BCUT2D eigenvalue weighted by molar-refractivity contribution is 5.91. The summed E-state index contributed by atoms with van der Waals surface area (Å²) in [7, 11) is 0. The molecule has 0 spiro atoms. The Morgan fingerprint density at radius 1 is 1.07 bits per heavy atom. The van der Waals surface area contributed by atoms with E-state index in [-0.39, 0.29) is 28.8 Å². The van der Waals surface area contributed by atoms with E-state index in [1.165, 1.54) is 5.57 Å². The molecule has 160 valence electrons. The monoisotopic (exact) mass is 402 g/mol. The van der Waals surface area contributed by atoms with Crippen molar-refractivity contribution < 1.29 is 24.6 Å². The minimum absolute atomic E-state index is 0.0190. The first-order valence-electron chi connectivity index (χ1n) is 11.3. The quantitative estimate of drug-likeness (QED) is 0.727. The number of carbonyl (C=O) groups is 3. The Balaban J connectivity index is 1.68. The number of fused-ring (bicyclic) bond motifs is 5. The number of hydrogen-bond donors (Lipinski definition) is 2. The molecule has 4 rings (SSSR count). The van der Waals surface area contributed by atoms with Gasteiger partial charge in [-0.05, 0) is 86.0 Å². The number of carboxylic acids is 1. The Morgan fingerprint density at radius 3 is 2.48 bits per heavy atom. The van der Waals surface area contributed by atoms with Gasteiger partial charge < -0.3 is 10.2 Å². The first-order valence-corrected chi connectivity index (χ1v) is 11.3. The first kappa shape index (κ1) is 20.8. The SMILES string of the molecule is C[C@]12CCC(=O)C=C1CC[C@@H]1[C@@H]2CC[C@@]2(C)[C@H]1CC[C@@]2(CCC(=O)O)C(=O)CO. The molecule has 4 aliphatic carbocycles. The van der Waals surface area contributed by atoms with Crippen LogP contribution in [0.5, 0.6) is 0 Å². The Labute approximate surface area is 172 Å². The lowest BCUT2D eigenvalue weighted by atomic mass is 9.44. The molecule has 0 aromatic heterocycles. The summed E-state index contributed by atoms with van der Waals surface area (Å²) in [6.45, 7) is 4.05. The Bertz CT molecular complexity index is 769. The molecule has 3 saturated carbocycles. The standard InChI is InChI=1S/C24H34O5/c1-22-9-5-16(26)13-15(22)3-4-17-18(22)6-10-23(2)19(17)7-11-24(23,20(27)14-25)12-8-21(28)29/h13,17-19,25H,3-12,14H2,1-2H3,(H,28,29)/t17-,18+,19+,22+,23+,24-/m1/s1.